The van der Waals surface area contributed by atoms with Crippen molar-refractivity contribution in [3.63, 3.8) is 0 Å². The number of nitrogens with zero attached hydrogens (tertiary/aromatic N) is 6. The highest BCUT2D eigenvalue weighted by atomic mass is 32.2. The molecule has 8 rings (SSSR count). The number of methoxy groups -OCH3 is 1. The van der Waals surface area contributed by atoms with E-state index in [0.717, 1.165) is 47.3 Å². The third kappa shape index (κ3) is 7.92. The third-order valence-corrected chi connectivity index (χ3v) is 13.8. The summed E-state index contributed by atoms with van der Waals surface area (Å²) in [5, 5.41) is 10.7. The predicted octanol–water partition coefficient (Wildman–Crippen LogP) is 4.26. The minimum absolute atomic E-state index is 0.000406. The molecule has 0 saturated carbocycles. The van der Waals surface area contributed by atoms with Crippen molar-refractivity contribution < 1.29 is 32.3 Å². The van der Waals surface area contributed by atoms with Crippen LogP contribution < -0.4 is 25.8 Å². The van der Waals surface area contributed by atoms with Crippen LogP contribution in [0, 0.1) is 5.92 Å². The first kappa shape index (κ1) is 40.1. The standard InChI is InChI=1S/C42H49N9O7S/c1-24(2)28-8-9-33(31-21-45-36(20-30(28)31)46-35-12-15-44-42(47-35)49-17-13-27(58-4)14-18-49)50-22-26(25(50)3)23-59(56,57)19-16-43-32-7-5-6-29-38(32)41(55)51(40(29)54)34-10-11-37(52)48-39(34)53/h5-9,12,15,20-21,24-27,34,43H,10-11,13-14,16-19,22-23H2,1-4H3,(H,48,52,53)(H,44,45,46,47)/t25-,26-,34?/m1/s1. The van der Waals surface area contributed by atoms with Gasteiger partial charge in [0, 0.05) is 80.8 Å². The van der Waals surface area contributed by atoms with E-state index in [2.05, 4.69) is 62.8 Å². The molecule has 16 nitrogen and oxygen atoms in total. The molecule has 0 spiro atoms. The van der Waals surface area contributed by atoms with E-state index in [1.54, 1.807) is 25.4 Å². The van der Waals surface area contributed by atoms with Crippen molar-refractivity contribution >= 4 is 73.2 Å². The van der Waals surface area contributed by atoms with Gasteiger partial charge in [-0.15, -0.1) is 0 Å². The van der Waals surface area contributed by atoms with Gasteiger partial charge in [0.15, 0.2) is 9.84 Å². The SMILES string of the molecule is COC1CCN(c2nccc(Nc3cc4c(C(C)C)ccc(N5C[C@H](CS(=O)(=O)CCNc6cccc7c6C(=O)N(C6CCC(=O)NC6=O)C7=O)[C@H]5C)c4cn3)n2)CC1. The molecule has 2 aromatic carbocycles. The Balaban J connectivity index is 0.906. The van der Waals surface area contributed by atoms with Crippen molar-refractivity contribution in [1.82, 2.24) is 25.2 Å². The third-order valence-electron chi connectivity index (χ3n) is 12.1. The van der Waals surface area contributed by atoms with Crippen LogP contribution in [0.1, 0.15) is 78.7 Å². The maximum atomic E-state index is 13.5. The molecule has 17 heteroatoms. The minimum Gasteiger partial charge on any atom is -0.383 e. The zero-order valence-corrected chi connectivity index (χ0v) is 34.4. The Morgan fingerprint density at radius 1 is 0.966 bits per heavy atom. The van der Waals surface area contributed by atoms with Gasteiger partial charge in [0.25, 0.3) is 11.8 Å². The van der Waals surface area contributed by atoms with Crippen LogP contribution in [0.2, 0.25) is 0 Å². The number of fused-ring (bicyclic) bond motifs is 2. The number of piperidine rings is 2. The molecule has 4 aromatic rings. The molecule has 4 aliphatic rings. The lowest BCUT2D eigenvalue weighted by Crippen LogP contribution is -2.57. The summed E-state index contributed by atoms with van der Waals surface area (Å²) >= 11 is 0. The van der Waals surface area contributed by atoms with E-state index in [9.17, 15) is 27.6 Å². The van der Waals surface area contributed by atoms with Crippen molar-refractivity contribution in [2.45, 2.75) is 70.6 Å². The maximum Gasteiger partial charge on any atom is 0.264 e. The van der Waals surface area contributed by atoms with Crippen molar-refractivity contribution in [2.24, 2.45) is 5.92 Å². The Kier molecular flexibility index (Phi) is 11.0. The largest absolute Gasteiger partial charge is 0.383 e. The van der Waals surface area contributed by atoms with Crippen LogP contribution in [0.3, 0.4) is 0 Å². The lowest BCUT2D eigenvalue weighted by Gasteiger charge is -2.48. The summed E-state index contributed by atoms with van der Waals surface area (Å²) in [7, 11) is -1.76. The number of ether oxygens (including phenoxy) is 1. The maximum absolute atomic E-state index is 13.5. The summed E-state index contributed by atoms with van der Waals surface area (Å²) in [6.07, 6.45) is 5.81. The van der Waals surface area contributed by atoms with E-state index in [-0.39, 0.29) is 66.0 Å². The second kappa shape index (κ2) is 16.2. The van der Waals surface area contributed by atoms with Crippen molar-refractivity contribution in [2.75, 3.05) is 65.2 Å². The van der Waals surface area contributed by atoms with E-state index in [1.165, 1.54) is 11.6 Å². The Labute approximate surface area is 343 Å². The van der Waals surface area contributed by atoms with Crippen molar-refractivity contribution in [3.05, 3.63) is 71.5 Å². The number of rotatable bonds is 13. The number of carbonyl (C=O) groups excluding carboxylic acids is 4. The average molecular weight is 824 g/mol. The molecule has 0 aliphatic carbocycles. The van der Waals surface area contributed by atoms with Gasteiger partial charge >= 0.3 is 0 Å². The number of pyridine rings is 1. The van der Waals surface area contributed by atoms with Crippen LogP contribution in [0.15, 0.2) is 54.9 Å². The molecule has 4 amide bonds. The number of anilines is 5. The highest BCUT2D eigenvalue weighted by molar-refractivity contribution is 7.91. The lowest BCUT2D eigenvalue weighted by atomic mass is 9.88. The van der Waals surface area contributed by atoms with Gasteiger partial charge in [-0.05, 0) is 73.4 Å². The lowest BCUT2D eigenvalue weighted by molar-refractivity contribution is -0.136. The molecular formula is C42H49N9O7S. The number of nitrogens with one attached hydrogen (secondary N) is 3. The molecule has 4 aliphatic heterocycles. The Morgan fingerprint density at radius 2 is 1.76 bits per heavy atom. The van der Waals surface area contributed by atoms with Crippen molar-refractivity contribution in [3.8, 4) is 0 Å². The summed E-state index contributed by atoms with van der Waals surface area (Å²) in [6.45, 7) is 8.61. The van der Waals surface area contributed by atoms with Crippen LogP contribution >= 0.6 is 0 Å². The van der Waals surface area contributed by atoms with Crippen LogP contribution in [0.4, 0.5) is 29.0 Å². The van der Waals surface area contributed by atoms with E-state index in [0.29, 0.717) is 29.8 Å². The van der Waals surface area contributed by atoms with Gasteiger partial charge in [0.1, 0.15) is 17.7 Å². The van der Waals surface area contributed by atoms with Crippen LogP contribution in [-0.4, -0.2) is 115 Å². The first-order valence-corrected chi connectivity index (χ1v) is 22.0. The van der Waals surface area contributed by atoms with E-state index in [1.807, 2.05) is 19.2 Å². The molecule has 0 bridgehead atoms. The number of benzene rings is 2. The summed E-state index contributed by atoms with van der Waals surface area (Å²) in [6, 6.07) is 11.7. The second-order valence-corrected chi connectivity index (χ2v) is 18.3. The fraction of sp³-hybridized carbons (Fsp3) is 0.452. The monoisotopic (exact) mass is 823 g/mol. The first-order chi connectivity index (χ1) is 28.3. The molecule has 59 heavy (non-hydrogen) atoms. The smallest absolute Gasteiger partial charge is 0.264 e. The number of hydrogen-bond acceptors (Lipinski definition) is 14. The number of sulfone groups is 1. The molecule has 3 atom stereocenters. The number of aromatic nitrogens is 3. The van der Waals surface area contributed by atoms with Gasteiger partial charge in [-0.1, -0.05) is 26.0 Å². The van der Waals surface area contributed by atoms with E-state index >= 15 is 0 Å². The summed E-state index contributed by atoms with van der Waals surface area (Å²) in [5.74, 6) is -0.448. The number of imide groups is 2. The molecule has 3 saturated heterocycles. The Morgan fingerprint density at radius 3 is 2.49 bits per heavy atom. The van der Waals surface area contributed by atoms with Gasteiger partial charge < -0.3 is 25.2 Å². The van der Waals surface area contributed by atoms with Crippen LogP contribution in [0.25, 0.3) is 10.8 Å². The highest BCUT2D eigenvalue weighted by Crippen LogP contribution is 2.40. The molecular weight excluding hydrogens is 775 g/mol. The van der Waals surface area contributed by atoms with E-state index < -0.39 is 39.5 Å². The minimum atomic E-state index is -3.52. The van der Waals surface area contributed by atoms with E-state index in [4.69, 9.17) is 14.7 Å². The average Bonchev–Trinajstić information content (AvgIpc) is 3.47. The highest BCUT2D eigenvalue weighted by Gasteiger charge is 2.46. The number of carbonyl (C=O) groups is 4. The van der Waals surface area contributed by atoms with Gasteiger partial charge in [-0.3, -0.25) is 29.4 Å². The Hall–Kier alpha value is -5.68. The molecule has 1 unspecified atom stereocenters. The molecule has 3 N–H and O–H groups in total. The van der Waals surface area contributed by atoms with Crippen molar-refractivity contribution in [1.29, 1.82) is 0 Å². The summed E-state index contributed by atoms with van der Waals surface area (Å²) < 4.78 is 32.4. The fourth-order valence-corrected chi connectivity index (χ4v) is 10.3. The molecule has 310 valence electrons. The molecule has 3 fully saturated rings. The molecule has 6 heterocycles. The van der Waals surface area contributed by atoms with Crippen LogP contribution in [-0.2, 0) is 24.2 Å². The molecule has 2 aromatic heterocycles. The topological polar surface area (TPSA) is 196 Å². The molecule has 0 radical (unpaired) electrons. The summed E-state index contributed by atoms with van der Waals surface area (Å²) in [5.41, 5.74) is 2.71. The van der Waals surface area contributed by atoms with Gasteiger partial charge in [-0.2, -0.15) is 4.98 Å². The number of hydrogen-bond donors (Lipinski definition) is 3. The quantitative estimate of drug-likeness (QED) is 0.162. The normalized spacial score (nSPS) is 21.2. The first-order valence-electron chi connectivity index (χ1n) is 20.2. The summed E-state index contributed by atoms with van der Waals surface area (Å²) in [4.78, 5) is 70.2. The van der Waals surface area contributed by atoms with Gasteiger partial charge in [0.05, 0.1) is 28.7 Å². The predicted molar refractivity (Wildman–Crippen MR) is 224 cm³/mol. The Bertz CT molecular complexity index is 2440. The fourth-order valence-electron chi connectivity index (χ4n) is 8.67. The second-order valence-electron chi connectivity index (χ2n) is 16.1. The van der Waals surface area contributed by atoms with Gasteiger partial charge in [0.2, 0.25) is 17.8 Å². The number of amides is 4. The zero-order chi connectivity index (χ0) is 41.6. The van der Waals surface area contributed by atoms with Crippen LogP contribution in [0.5, 0.6) is 0 Å². The van der Waals surface area contributed by atoms with Gasteiger partial charge in [-0.25, -0.2) is 18.4 Å². The zero-order valence-electron chi connectivity index (χ0n) is 33.6.